The topological polar surface area (TPSA) is 63.6 Å². The van der Waals surface area contributed by atoms with Gasteiger partial charge in [-0.15, -0.1) is 0 Å². The predicted molar refractivity (Wildman–Crippen MR) is 137 cm³/mol. The number of aryl methyl sites for hydroxylation is 1. The summed E-state index contributed by atoms with van der Waals surface area (Å²) in [7, 11) is 0. The molecule has 6 nitrogen and oxygen atoms in total. The molecule has 0 bridgehead atoms. The molecule has 170 valence electrons. The number of benzene rings is 2. The van der Waals surface area contributed by atoms with Crippen molar-refractivity contribution in [3.63, 3.8) is 0 Å². The third-order valence-corrected chi connectivity index (χ3v) is 6.44. The highest BCUT2D eigenvalue weighted by Gasteiger charge is 2.32. The van der Waals surface area contributed by atoms with Crippen LogP contribution in [-0.2, 0) is 16.1 Å². The molecule has 1 saturated heterocycles. The van der Waals surface area contributed by atoms with Crippen molar-refractivity contribution < 1.29 is 14.3 Å². The van der Waals surface area contributed by atoms with Crippen LogP contribution in [0.4, 0.5) is 0 Å². The first-order valence-corrected chi connectivity index (χ1v) is 12.0. The van der Waals surface area contributed by atoms with Gasteiger partial charge in [-0.1, -0.05) is 39.7 Å². The molecule has 0 spiro atoms. The second kappa shape index (κ2) is 10.1. The quantitative estimate of drug-likeness (QED) is 0.192. The number of hydrogen-bond donors (Lipinski definition) is 1. The number of hydrogen-bond acceptors (Lipinski definition) is 4. The molecule has 0 radical (unpaired) electrons. The van der Waals surface area contributed by atoms with E-state index in [1.165, 1.54) is 4.90 Å². The molecule has 2 amide bonds. The lowest BCUT2D eigenvalue weighted by Gasteiger charge is -2.27. The molecular weight excluding hydrogens is 526 g/mol. The molecule has 0 saturated carbocycles. The number of aromatic nitrogens is 1. The Morgan fingerprint density at radius 3 is 2.76 bits per heavy atom. The van der Waals surface area contributed by atoms with Crippen molar-refractivity contribution in [1.29, 1.82) is 0 Å². The molecule has 0 aliphatic carbocycles. The predicted octanol–water partition coefficient (Wildman–Crippen LogP) is 5.17. The maximum Gasteiger partial charge on any atom is 0.265 e. The van der Waals surface area contributed by atoms with E-state index in [2.05, 4.69) is 25.8 Å². The number of rotatable bonds is 7. The molecule has 1 aromatic heterocycles. The van der Waals surface area contributed by atoms with Gasteiger partial charge in [0, 0.05) is 40.2 Å². The number of ether oxygens (including phenoxy) is 1. The van der Waals surface area contributed by atoms with Crippen LogP contribution in [0.25, 0.3) is 17.0 Å². The van der Waals surface area contributed by atoms with Gasteiger partial charge in [0.1, 0.15) is 11.3 Å². The fourth-order valence-electron chi connectivity index (χ4n) is 3.71. The number of carbonyl (C=O) groups is 2. The first-order valence-electron chi connectivity index (χ1n) is 10.4. The highest BCUT2D eigenvalue weighted by molar-refractivity contribution is 9.10. The number of nitrogens with zero attached hydrogens (tertiary/aromatic N) is 2. The molecule has 2 aromatic carbocycles. The number of amides is 2. The van der Waals surface area contributed by atoms with Crippen LogP contribution in [0.1, 0.15) is 18.9 Å². The number of carbonyl (C=O) groups excluding carboxylic acids is 2. The van der Waals surface area contributed by atoms with Crippen LogP contribution in [0.2, 0.25) is 5.02 Å². The zero-order chi connectivity index (χ0) is 23.5. The zero-order valence-corrected chi connectivity index (χ0v) is 21.0. The molecule has 33 heavy (non-hydrogen) atoms. The largest absolute Gasteiger partial charge is 0.492 e. The highest BCUT2D eigenvalue weighted by Crippen LogP contribution is 2.28. The lowest BCUT2D eigenvalue weighted by molar-refractivity contribution is -0.128. The second-order valence-electron chi connectivity index (χ2n) is 7.44. The third kappa shape index (κ3) is 4.98. The van der Waals surface area contributed by atoms with Crippen LogP contribution < -0.4 is 10.1 Å². The first-order chi connectivity index (χ1) is 15.9. The Bertz CT molecular complexity index is 1290. The lowest BCUT2D eigenvalue weighted by atomic mass is 10.1. The monoisotopic (exact) mass is 545 g/mol. The van der Waals surface area contributed by atoms with Gasteiger partial charge in [-0.2, -0.15) is 0 Å². The molecule has 3 aromatic rings. The van der Waals surface area contributed by atoms with Gasteiger partial charge in [-0.05, 0) is 62.0 Å². The third-order valence-electron chi connectivity index (χ3n) is 5.31. The number of likely N-dealkylation sites (N-methyl/N-ethyl adjacent to an activating group) is 1. The molecule has 1 aliphatic rings. The minimum absolute atomic E-state index is 0.0616. The van der Waals surface area contributed by atoms with Crippen LogP contribution in [-0.4, -0.2) is 39.5 Å². The Balaban J connectivity index is 1.59. The summed E-state index contributed by atoms with van der Waals surface area (Å²) >= 11 is 14.8. The number of thiocarbonyl (C=S) groups is 1. The zero-order valence-electron chi connectivity index (χ0n) is 17.8. The molecule has 4 rings (SSSR count). The van der Waals surface area contributed by atoms with E-state index in [-0.39, 0.29) is 10.7 Å². The Morgan fingerprint density at radius 1 is 1.21 bits per heavy atom. The lowest BCUT2D eigenvalue weighted by Crippen LogP contribution is -2.53. The number of nitrogens with one attached hydrogen (secondary N) is 1. The smallest absolute Gasteiger partial charge is 0.265 e. The summed E-state index contributed by atoms with van der Waals surface area (Å²) in [6, 6.07) is 13.3. The maximum absolute atomic E-state index is 12.8. The van der Waals surface area contributed by atoms with Gasteiger partial charge < -0.3 is 9.30 Å². The summed E-state index contributed by atoms with van der Waals surface area (Å²) in [5.41, 5.74) is 1.83. The van der Waals surface area contributed by atoms with Crippen molar-refractivity contribution >= 4 is 73.7 Å². The van der Waals surface area contributed by atoms with Gasteiger partial charge in [0.25, 0.3) is 11.8 Å². The van der Waals surface area contributed by atoms with Crippen molar-refractivity contribution in [3.05, 3.63) is 69.3 Å². The Kier molecular flexibility index (Phi) is 7.17. The van der Waals surface area contributed by atoms with E-state index in [1.54, 1.807) is 12.1 Å². The summed E-state index contributed by atoms with van der Waals surface area (Å²) in [5.74, 6) is -0.222. The van der Waals surface area contributed by atoms with Crippen molar-refractivity contribution in [2.45, 2.75) is 19.9 Å². The highest BCUT2D eigenvalue weighted by atomic mass is 79.9. The van der Waals surface area contributed by atoms with Gasteiger partial charge in [0.15, 0.2) is 5.11 Å². The maximum atomic E-state index is 12.8. The number of halogens is 2. The van der Waals surface area contributed by atoms with Crippen molar-refractivity contribution in [2.24, 2.45) is 0 Å². The standard InChI is InChI=1S/C24H21BrClN3O3S/c1-2-29-23(31)18(22(30)27-24(29)33)12-15-14-28(20-9-8-16(25)13-17(15)20)10-5-11-32-21-7-4-3-6-19(21)26/h3-4,6-9,12-14H,2,5,10-11H2,1H3,(H,27,30,33)/b18-12+. The molecule has 1 aliphatic heterocycles. The SMILES string of the molecule is CCN1C(=O)/C(=C/c2cn(CCCOc3ccccc3Cl)c3ccc(Br)cc23)C(=O)NC1=S. The van der Waals surface area contributed by atoms with Gasteiger partial charge >= 0.3 is 0 Å². The second-order valence-corrected chi connectivity index (χ2v) is 9.15. The minimum atomic E-state index is -0.487. The van der Waals surface area contributed by atoms with Gasteiger partial charge in [0.2, 0.25) is 0 Å². The van der Waals surface area contributed by atoms with E-state index in [4.69, 9.17) is 28.6 Å². The van der Waals surface area contributed by atoms with Gasteiger partial charge in [-0.25, -0.2) is 0 Å². The summed E-state index contributed by atoms with van der Waals surface area (Å²) in [5, 5.41) is 4.24. The van der Waals surface area contributed by atoms with Crippen LogP contribution >= 0.6 is 39.7 Å². The van der Waals surface area contributed by atoms with E-state index >= 15 is 0 Å². The van der Waals surface area contributed by atoms with Crippen LogP contribution in [0.5, 0.6) is 5.75 Å². The molecule has 1 fully saturated rings. The summed E-state index contributed by atoms with van der Waals surface area (Å²) < 4.78 is 8.80. The number of para-hydroxylation sites is 1. The average molecular weight is 547 g/mol. The first kappa shape index (κ1) is 23.5. The van der Waals surface area contributed by atoms with E-state index < -0.39 is 11.8 Å². The van der Waals surface area contributed by atoms with Crippen LogP contribution in [0.3, 0.4) is 0 Å². The van der Waals surface area contributed by atoms with E-state index in [0.29, 0.717) is 30.5 Å². The average Bonchev–Trinajstić information content (AvgIpc) is 3.12. The molecule has 2 heterocycles. The van der Waals surface area contributed by atoms with E-state index in [0.717, 1.165) is 27.4 Å². The van der Waals surface area contributed by atoms with Crippen LogP contribution in [0, 0.1) is 0 Å². The summed E-state index contributed by atoms with van der Waals surface area (Å²) in [6.45, 7) is 3.39. The molecule has 9 heteroatoms. The fourth-order valence-corrected chi connectivity index (χ4v) is 4.57. The molecule has 0 unspecified atom stereocenters. The van der Waals surface area contributed by atoms with Crippen molar-refractivity contribution in [1.82, 2.24) is 14.8 Å². The van der Waals surface area contributed by atoms with Gasteiger partial charge in [-0.3, -0.25) is 19.8 Å². The number of fused-ring (bicyclic) bond motifs is 1. The Morgan fingerprint density at radius 2 is 2.00 bits per heavy atom. The molecule has 1 N–H and O–H groups in total. The minimum Gasteiger partial charge on any atom is -0.492 e. The normalized spacial score (nSPS) is 15.4. The summed E-state index contributed by atoms with van der Waals surface area (Å²) in [4.78, 5) is 26.7. The Labute approximate surface area is 210 Å². The van der Waals surface area contributed by atoms with Crippen molar-refractivity contribution in [3.8, 4) is 5.75 Å². The van der Waals surface area contributed by atoms with E-state index in [1.807, 2.05) is 49.5 Å². The van der Waals surface area contributed by atoms with Crippen LogP contribution in [0.15, 0.2) is 58.7 Å². The molecular formula is C24H21BrClN3O3S. The van der Waals surface area contributed by atoms with Gasteiger partial charge in [0.05, 0.1) is 11.6 Å². The summed E-state index contributed by atoms with van der Waals surface area (Å²) in [6.07, 6.45) is 4.33. The van der Waals surface area contributed by atoms with Crippen molar-refractivity contribution in [2.75, 3.05) is 13.2 Å². The Hall–Kier alpha value is -2.68. The molecule has 0 atom stereocenters. The fraction of sp³-hybridized carbons (Fsp3) is 0.208. The van der Waals surface area contributed by atoms with E-state index in [9.17, 15) is 9.59 Å².